The highest BCUT2D eigenvalue weighted by Gasteiger charge is 2.07. The van der Waals surface area contributed by atoms with Gasteiger partial charge in [-0.25, -0.2) is 0 Å². The van der Waals surface area contributed by atoms with Crippen LogP contribution in [0.4, 0.5) is 0 Å². The van der Waals surface area contributed by atoms with Crippen molar-refractivity contribution < 1.29 is 9.53 Å². The van der Waals surface area contributed by atoms with E-state index >= 15 is 0 Å². The first-order valence-corrected chi connectivity index (χ1v) is 5.92. The molecule has 0 saturated heterocycles. The summed E-state index contributed by atoms with van der Waals surface area (Å²) >= 11 is 0. The van der Waals surface area contributed by atoms with Crippen LogP contribution in [0.25, 0.3) is 0 Å². The predicted octanol–water partition coefficient (Wildman–Crippen LogP) is 3.21. The average Bonchev–Trinajstić information content (AvgIpc) is 2.28. The van der Waals surface area contributed by atoms with Gasteiger partial charge in [0.1, 0.15) is 0 Å². The Morgan fingerprint density at radius 2 is 2.00 bits per heavy atom. The van der Waals surface area contributed by atoms with E-state index in [0.717, 1.165) is 12.8 Å². The summed E-state index contributed by atoms with van der Waals surface area (Å²) in [6.45, 7) is 4.61. The molecule has 0 radical (unpaired) electrons. The van der Waals surface area contributed by atoms with Crippen LogP contribution in [0.5, 0.6) is 0 Å². The average molecular weight is 220 g/mol. The molecule has 0 spiro atoms. The molecule has 0 bridgehead atoms. The van der Waals surface area contributed by atoms with Crippen molar-refractivity contribution in [2.45, 2.75) is 33.1 Å². The largest absolute Gasteiger partial charge is 0.465 e. The van der Waals surface area contributed by atoms with Gasteiger partial charge in [0.15, 0.2) is 0 Å². The minimum Gasteiger partial charge on any atom is -0.465 e. The summed E-state index contributed by atoms with van der Waals surface area (Å²) in [6.07, 6.45) is 2.34. The minimum atomic E-state index is -0.0811. The van der Waals surface area contributed by atoms with Crippen molar-refractivity contribution in [1.29, 1.82) is 0 Å². The quantitative estimate of drug-likeness (QED) is 0.688. The standard InChI is InChI=1S/C14H20O2/c1-3-7-14(15)16-11-12(2)10-13-8-5-4-6-9-13/h4-6,8-9,12H,3,7,10-11H2,1-2H3. The Bertz CT molecular complexity index is 306. The fourth-order valence-corrected chi connectivity index (χ4v) is 1.59. The topological polar surface area (TPSA) is 26.3 Å². The number of benzene rings is 1. The van der Waals surface area contributed by atoms with Gasteiger partial charge in [-0.05, 0) is 24.3 Å². The molecular formula is C14H20O2. The van der Waals surface area contributed by atoms with E-state index in [9.17, 15) is 4.79 Å². The number of hydrogen-bond acceptors (Lipinski definition) is 2. The van der Waals surface area contributed by atoms with Crippen LogP contribution in [0.1, 0.15) is 32.3 Å². The Balaban J connectivity index is 2.26. The number of esters is 1. The molecule has 0 aliphatic heterocycles. The summed E-state index contributed by atoms with van der Waals surface area (Å²) < 4.78 is 5.18. The molecule has 0 aromatic heterocycles. The first kappa shape index (κ1) is 12.8. The zero-order valence-corrected chi connectivity index (χ0v) is 10.1. The predicted molar refractivity (Wildman–Crippen MR) is 65.2 cm³/mol. The lowest BCUT2D eigenvalue weighted by molar-refractivity contribution is -0.144. The highest BCUT2D eigenvalue weighted by atomic mass is 16.5. The molecule has 16 heavy (non-hydrogen) atoms. The maximum absolute atomic E-state index is 11.2. The lowest BCUT2D eigenvalue weighted by Crippen LogP contribution is -2.13. The molecule has 0 amide bonds. The van der Waals surface area contributed by atoms with Gasteiger partial charge in [-0.1, -0.05) is 44.2 Å². The van der Waals surface area contributed by atoms with E-state index in [1.165, 1.54) is 5.56 Å². The molecule has 0 aliphatic rings. The SMILES string of the molecule is CCCC(=O)OCC(C)Cc1ccccc1. The van der Waals surface area contributed by atoms with Crippen molar-refractivity contribution in [2.75, 3.05) is 6.61 Å². The molecule has 1 aromatic rings. The van der Waals surface area contributed by atoms with Crippen LogP contribution in [0.3, 0.4) is 0 Å². The molecule has 1 unspecified atom stereocenters. The van der Waals surface area contributed by atoms with Crippen molar-refractivity contribution in [3.63, 3.8) is 0 Å². The molecule has 0 saturated carbocycles. The second-order valence-corrected chi connectivity index (χ2v) is 4.23. The Labute approximate surface area is 97.6 Å². The van der Waals surface area contributed by atoms with Gasteiger partial charge in [0.2, 0.25) is 0 Å². The lowest BCUT2D eigenvalue weighted by atomic mass is 10.0. The first-order valence-electron chi connectivity index (χ1n) is 5.92. The number of carbonyl (C=O) groups excluding carboxylic acids is 1. The van der Waals surface area contributed by atoms with Gasteiger partial charge in [0, 0.05) is 6.42 Å². The molecule has 2 nitrogen and oxygen atoms in total. The van der Waals surface area contributed by atoms with Gasteiger partial charge in [-0.3, -0.25) is 4.79 Å². The molecule has 0 N–H and O–H groups in total. The molecule has 1 aromatic carbocycles. The molecule has 2 heteroatoms. The molecule has 0 fully saturated rings. The van der Waals surface area contributed by atoms with Gasteiger partial charge < -0.3 is 4.74 Å². The van der Waals surface area contributed by atoms with Crippen LogP contribution in [0.15, 0.2) is 30.3 Å². The fourth-order valence-electron chi connectivity index (χ4n) is 1.59. The minimum absolute atomic E-state index is 0.0811. The highest BCUT2D eigenvalue weighted by Crippen LogP contribution is 2.08. The molecule has 0 aliphatic carbocycles. The summed E-state index contributed by atoms with van der Waals surface area (Å²) in [7, 11) is 0. The smallest absolute Gasteiger partial charge is 0.305 e. The zero-order chi connectivity index (χ0) is 11.8. The van der Waals surface area contributed by atoms with Gasteiger partial charge in [-0.2, -0.15) is 0 Å². The van der Waals surface area contributed by atoms with E-state index in [4.69, 9.17) is 4.74 Å². The van der Waals surface area contributed by atoms with Crippen molar-refractivity contribution in [1.82, 2.24) is 0 Å². The maximum Gasteiger partial charge on any atom is 0.305 e. The molecule has 1 atom stereocenters. The summed E-state index contributed by atoms with van der Waals surface area (Å²) in [5.74, 6) is 0.297. The van der Waals surface area contributed by atoms with Crippen LogP contribution in [0.2, 0.25) is 0 Å². The zero-order valence-electron chi connectivity index (χ0n) is 10.1. The first-order chi connectivity index (χ1) is 7.72. The van der Waals surface area contributed by atoms with Gasteiger partial charge in [-0.15, -0.1) is 0 Å². The van der Waals surface area contributed by atoms with E-state index < -0.39 is 0 Å². The number of rotatable bonds is 6. The molecule has 1 rings (SSSR count). The van der Waals surface area contributed by atoms with Crippen LogP contribution in [-0.2, 0) is 16.0 Å². The van der Waals surface area contributed by atoms with Gasteiger partial charge >= 0.3 is 5.97 Å². The van der Waals surface area contributed by atoms with Gasteiger partial charge in [0.25, 0.3) is 0 Å². The summed E-state index contributed by atoms with van der Waals surface area (Å²) in [5, 5.41) is 0. The number of ether oxygens (including phenoxy) is 1. The van der Waals surface area contributed by atoms with Gasteiger partial charge in [0.05, 0.1) is 6.61 Å². The Kier molecular flexibility index (Phi) is 5.62. The third-order valence-electron chi connectivity index (χ3n) is 2.41. The summed E-state index contributed by atoms with van der Waals surface area (Å²) in [4.78, 5) is 11.2. The molecular weight excluding hydrogens is 200 g/mol. The van der Waals surface area contributed by atoms with Crippen LogP contribution in [0, 0.1) is 5.92 Å². The second-order valence-electron chi connectivity index (χ2n) is 4.23. The number of carbonyl (C=O) groups is 1. The third-order valence-corrected chi connectivity index (χ3v) is 2.41. The Morgan fingerprint density at radius 1 is 1.31 bits per heavy atom. The number of hydrogen-bond donors (Lipinski definition) is 0. The maximum atomic E-state index is 11.2. The lowest BCUT2D eigenvalue weighted by Gasteiger charge is -2.11. The monoisotopic (exact) mass is 220 g/mol. The highest BCUT2D eigenvalue weighted by molar-refractivity contribution is 5.69. The van der Waals surface area contributed by atoms with E-state index in [1.807, 2.05) is 25.1 Å². The van der Waals surface area contributed by atoms with Crippen LogP contribution in [-0.4, -0.2) is 12.6 Å². The molecule has 88 valence electrons. The summed E-state index contributed by atoms with van der Waals surface area (Å²) in [6, 6.07) is 10.3. The second kappa shape index (κ2) is 7.04. The molecule has 0 heterocycles. The van der Waals surface area contributed by atoms with E-state index in [0.29, 0.717) is 18.9 Å². The Morgan fingerprint density at radius 3 is 2.62 bits per heavy atom. The van der Waals surface area contributed by atoms with Crippen molar-refractivity contribution in [3.05, 3.63) is 35.9 Å². The van der Waals surface area contributed by atoms with Crippen molar-refractivity contribution in [2.24, 2.45) is 5.92 Å². The van der Waals surface area contributed by atoms with Crippen molar-refractivity contribution in [3.8, 4) is 0 Å². The van der Waals surface area contributed by atoms with E-state index in [1.54, 1.807) is 0 Å². The fraction of sp³-hybridized carbons (Fsp3) is 0.500. The summed E-state index contributed by atoms with van der Waals surface area (Å²) in [5.41, 5.74) is 1.29. The Hall–Kier alpha value is -1.31. The van der Waals surface area contributed by atoms with E-state index in [-0.39, 0.29) is 5.97 Å². The van der Waals surface area contributed by atoms with Crippen LogP contribution < -0.4 is 0 Å². The van der Waals surface area contributed by atoms with Crippen molar-refractivity contribution >= 4 is 5.97 Å². The van der Waals surface area contributed by atoms with E-state index in [2.05, 4.69) is 19.1 Å². The third kappa shape index (κ3) is 4.96. The normalized spacial score (nSPS) is 12.1. The van der Waals surface area contributed by atoms with Crippen LogP contribution >= 0.6 is 0 Å².